The van der Waals surface area contributed by atoms with E-state index in [4.69, 9.17) is 9.84 Å². The second kappa shape index (κ2) is 4.07. The third kappa shape index (κ3) is 2.20. The molecule has 12 heavy (non-hydrogen) atoms. The summed E-state index contributed by atoms with van der Waals surface area (Å²) in [6.45, 7) is 2.07. The number of aliphatic hydroxyl groups excluding tert-OH is 1. The Hall–Kier alpha value is -1.09. The Morgan fingerprint density at radius 1 is 1.50 bits per heavy atom. The lowest BCUT2D eigenvalue weighted by atomic mass is 10.2. The molecule has 1 heterocycles. The smallest absolute Gasteiger partial charge is 0.213 e. The van der Waals surface area contributed by atoms with Gasteiger partial charge in [0.1, 0.15) is 0 Å². The standard InChI is InChI=1S/C9H13NO2/c1-7-5-8(3-4-11)6-9(10-7)12-2/h5-6,11H,3-4H2,1-2H3. The Balaban J connectivity index is 2.90. The summed E-state index contributed by atoms with van der Waals surface area (Å²) in [6.07, 6.45) is 0.653. The van der Waals surface area contributed by atoms with Gasteiger partial charge in [0.25, 0.3) is 0 Å². The average Bonchev–Trinajstić information content (AvgIpc) is 2.04. The van der Waals surface area contributed by atoms with Gasteiger partial charge in [-0.05, 0) is 25.0 Å². The summed E-state index contributed by atoms with van der Waals surface area (Å²) in [5.74, 6) is 0.610. The third-order valence-electron chi connectivity index (χ3n) is 1.60. The maximum absolute atomic E-state index is 8.71. The summed E-state index contributed by atoms with van der Waals surface area (Å²) in [6, 6.07) is 3.78. The minimum Gasteiger partial charge on any atom is -0.481 e. The predicted molar refractivity (Wildman–Crippen MR) is 46.3 cm³/mol. The van der Waals surface area contributed by atoms with Crippen molar-refractivity contribution < 1.29 is 9.84 Å². The van der Waals surface area contributed by atoms with Gasteiger partial charge in [0.2, 0.25) is 5.88 Å². The first-order valence-electron chi connectivity index (χ1n) is 3.88. The molecular formula is C9H13NO2. The molecule has 0 atom stereocenters. The van der Waals surface area contributed by atoms with Gasteiger partial charge in [-0.3, -0.25) is 0 Å². The maximum Gasteiger partial charge on any atom is 0.213 e. The van der Waals surface area contributed by atoms with Gasteiger partial charge in [-0.1, -0.05) is 0 Å². The molecule has 66 valence electrons. The largest absolute Gasteiger partial charge is 0.481 e. The molecule has 0 radical (unpaired) electrons. The fourth-order valence-electron chi connectivity index (χ4n) is 1.08. The van der Waals surface area contributed by atoms with Gasteiger partial charge < -0.3 is 9.84 Å². The first-order valence-corrected chi connectivity index (χ1v) is 3.88. The molecule has 0 aromatic carbocycles. The van der Waals surface area contributed by atoms with Crippen LogP contribution in [0.25, 0.3) is 0 Å². The summed E-state index contributed by atoms with van der Waals surface area (Å²) in [7, 11) is 1.59. The Morgan fingerprint density at radius 3 is 2.83 bits per heavy atom. The van der Waals surface area contributed by atoms with Crippen LogP contribution in [0.4, 0.5) is 0 Å². The monoisotopic (exact) mass is 167 g/mol. The molecule has 1 rings (SSSR count). The molecule has 3 nitrogen and oxygen atoms in total. The van der Waals surface area contributed by atoms with Crippen LogP contribution in [0.3, 0.4) is 0 Å². The van der Waals surface area contributed by atoms with E-state index in [1.54, 1.807) is 7.11 Å². The number of hydrogen-bond acceptors (Lipinski definition) is 3. The van der Waals surface area contributed by atoms with Crippen LogP contribution in [0.5, 0.6) is 5.88 Å². The van der Waals surface area contributed by atoms with Gasteiger partial charge in [0.05, 0.1) is 7.11 Å². The van der Waals surface area contributed by atoms with E-state index in [2.05, 4.69) is 4.98 Å². The fourth-order valence-corrected chi connectivity index (χ4v) is 1.08. The number of hydrogen-bond donors (Lipinski definition) is 1. The highest BCUT2D eigenvalue weighted by Crippen LogP contribution is 2.11. The highest BCUT2D eigenvalue weighted by molar-refractivity contribution is 5.24. The summed E-state index contributed by atoms with van der Waals surface area (Å²) in [4.78, 5) is 4.13. The molecular weight excluding hydrogens is 154 g/mol. The Morgan fingerprint density at radius 2 is 2.25 bits per heavy atom. The van der Waals surface area contributed by atoms with Crippen molar-refractivity contribution >= 4 is 0 Å². The van der Waals surface area contributed by atoms with Gasteiger partial charge >= 0.3 is 0 Å². The van der Waals surface area contributed by atoms with E-state index in [0.717, 1.165) is 11.3 Å². The summed E-state index contributed by atoms with van der Waals surface area (Å²) in [5.41, 5.74) is 1.97. The van der Waals surface area contributed by atoms with Crippen molar-refractivity contribution in [1.29, 1.82) is 0 Å². The van der Waals surface area contributed by atoms with Crippen LogP contribution in [-0.2, 0) is 6.42 Å². The van der Waals surface area contributed by atoms with Gasteiger partial charge in [-0.25, -0.2) is 4.98 Å². The molecule has 0 unspecified atom stereocenters. The number of pyridine rings is 1. The maximum atomic E-state index is 8.71. The molecule has 0 saturated carbocycles. The van der Waals surface area contributed by atoms with E-state index in [-0.39, 0.29) is 6.61 Å². The van der Waals surface area contributed by atoms with Gasteiger partial charge in [0.15, 0.2) is 0 Å². The van der Waals surface area contributed by atoms with E-state index < -0.39 is 0 Å². The molecule has 0 fully saturated rings. The topological polar surface area (TPSA) is 42.4 Å². The summed E-state index contributed by atoms with van der Waals surface area (Å²) in [5, 5.41) is 8.71. The lowest BCUT2D eigenvalue weighted by Gasteiger charge is -2.03. The van der Waals surface area contributed by atoms with Crippen LogP contribution in [0, 0.1) is 6.92 Å². The van der Waals surface area contributed by atoms with Crippen LogP contribution >= 0.6 is 0 Å². The molecule has 0 aliphatic heterocycles. The van der Waals surface area contributed by atoms with Crippen molar-refractivity contribution in [3.63, 3.8) is 0 Å². The van der Waals surface area contributed by atoms with Crippen LogP contribution in [0.15, 0.2) is 12.1 Å². The fraction of sp³-hybridized carbons (Fsp3) is 0.444. The van der Waals surface area contributed by atoms with Crippen LogP contribution < -0.4 is 4.74 Å². The van der Waals surface area contributed by atoms with E-state index in [1.165, 1.54) is 0 Å². The number of rotatable bonds is 3. The van der Waals surface area contributed by atoms with Crippen molar-refractivity contribution in [2.24, 2.45) is 0 Å². The Kier molecular flexibility index (Phi) is 3.05. The van der Waals surface area contributed by atoms with Crippen molar-refractivity contribution in [3.8, 4) is 5.88 Å². The number of methoxy groups -OCH3 is 1. The minimum absolute atomic E-state index is 0.159. The zero-order valence-corrected chi connectivity index (χ0v) is 7.37. The molecule has 1 aromatic rings. The zero-order valence-electron chi connectivity index (χ0n) is 7.37. The minimum atomic E-state index is 0.159. The number of aryl methyl sites for hydroxylation is 1. The van der Waals surface area contributed by atoms with Crippen LogP contribution in [0.1, 0.15) is 11.3 Å². The molecule has 0 bridgehead atoms. The molecule has 0 amide bonds. The molecule has 1 aromatic heterocycles. The lowest BCUT2D eigenvalue weighted by molar-refractivity contribution is 0.299. The van der Waals surface area contributed by atoms with Crippen molar-refractivity contribution in [2.75, 3.05) is 13.7 Å². The third-order valence-corrected chi connectivity index (χ3v) is 1.60. The van der Waals surface area contributed by atoms with Gasteiger partial charge in [-0.15, -0.1) is 0 Å². The van der Waals surface area contributed by atoms with E-state index in [1.807, 2.05) is 19.1 Å². The van der Waals surface area contributed by atoms with Crippen LogP contribution in [-0.4, -0.2) is 23.8 Å². The van der Waals surface area contributed by atoms with Crippen molar-refractivity contribution in [3.05, 3.63) is 23.4 Å². The normalized spacial score (nSPS) is 9.92. The molecule has 0 spiro atoms. The highest BCUT2D eigenvalue weighted by atomic mass is 16.5. The van der Waals surface area contributed by atoms with Gasteiger partial charge in [0, 0.05) is 18.4 Å². The highest BCUT2D eigenvalue weighted by Gasteiger charge is 1.98. The number of nitrogens with zero attached hydrogens (tertiary/aromatic N) is 1. The number of ether oxygens (including phenoxy) is 1. The van der Waals surface area contributed by atoms with E-state index in [0.29, 0.717) is 12.3 Å². The Bertz CT molecular complexity index is 261. The molecule has 0 saturated heterocycles. The average molecular weight is 167 g/mol. The second-order valence-corrected chi connectivity index (χ2v) is 2.63. The van der Waals surface area contributed by atoms with Crippen molar-refractivity contribution in [1.82, 2.24) is 4.98 Å². The Labute approximate surface area is 72.0 Å². The summed E-state index contributed by atoms with van der Waals surface area (Å²) < 4.78 is 4.99. The van der Waals surface area contributed by atoms with E-state index in [9.17, 15) is 0 Å². The van der Waals surface area contributed by atoms with Gasteiger partial charge in [-0.2, -0.15) is 0 Å². The van der Waals surface area contributed by atoms with Crippen LogP contribution in [0.2, 0.25) is 0 Å². The second-order valence-electron chi connectivity index (χ2n) is 2.63. The lowest BCUT2D eigenvalue weighted by Crippen LogP contribution is -1.96. The SMILES string of the molecule is COc1cc(CCO)cc(C)n1. The first-order chi connectivity index (χ1) is 5.76. The zero-order chi connectivity index (χ0) is 8.97. The molecule has 1 N–H and O–H groups in total. The summed E-state index contributed by atoms with van der Waals surface area (Å²) >= 11 is 0. The number of aliphatic hydroxyl groups is 1. The van der Waals surface area contributed by atoms with Crippen molar-refractivity contribution in [2.45, 2.75) is 13.3 Å². The first kappa shape index (κ1) is 9.00. The molecule has 3 heteroatoms. The predicted octanol–water partition coefficient (Wildman–Crippen LogP) is 0.933. The quantitative estimate of drug-likeness (QED) is 0.728. The molecule has 0 aliphatic carbocycles. The molecule has 0 aliphatic rings. The number of aromatic nitrogens is 1. The van der Waals surface area contributed by atoms with E-state index >= 15 is 0 Å².